The van der Waals surface area contributed by atoms with Crippen molar-refractivity contribution in [2.24, 2.45) is 0 Å². The van der Waals surface area contributed by atoms with E-state index in [9.17, 15) is 13.9 Å². The van der Waals surface area contributed by atoms with Crippen LogP contribution in [0.15, 0.2) is 50.7 Å². The van der Waals surface area contributed by atoms with Crippen LogP contribution in [-0.4, -0.2) is 5.11 Å². The zero-order chi connectivity index (χ0) is 14.0. The van der Waals surface area contributed by atoms with Gasteiger partial charge in [-0.05, 0) is 58.7 Å². The molecule has 0 heterocycles. The largest absolute Gasteiger partial charge is 0.389 e. The van der Waals surface area contributed by atoms with Crippen LogP contribution in [0.5, 0.6) is 0 Å². The van der Waals surface area contributed by atoms with Crippen LogP contribution in [0.2, 0.25) is 0 Å². The molecular formula is C14H11BrF2OS. The Morgan fingerprint density at radius 2 is 1.84 bits per heavy atom. The van der Waals surface area contributed by atoms with Crippen molar-refractivity contribution in [1.29, 1.82) is 0 Å². The molecule has 5 heteroatoms. The molecule has 0 amide bonds. The first kappa shape index (κ1) is 14.5. The standard InChI is InChI=1S/C14H11BrF2OS/c1-8(18)9-2-5-14(11(15)6-9)19-10-3-4-12(16)13(17)7-10/h2-8,18H,1H3/t8-/m1/s1. The van der Waals surface area contributed by atoms with Crippen molar-refractivity contribution in [3.63, 3.8) is 0 Å². The number of aliphatic hydroxyl groups is 1. The minimum atomic E-state index is -0.860. The van der Waals surface area contributed by atoms with E-state index in [4.69, 9.17) is 0 Å². The minimum absolute atomic E-state index is 0.543. The van der Waals surface area contributed by atoms with Crippen LogP contribution in [0.1, 0.15) is 18.6 Å². The van der Waals surface area contributed by atoms with Crippen molar-refractivity contribution in [2.75, 3.05) is 0 Å². The van der Waals surface area contributed by atoms with Gasteiger partial charge in [0.2, 0.25) is 0 Å². The van der Waals surface area contributed by atoms with E-state index in [2.05, 4.69) is 15.9 Å². The summed E-state index contributed by atoms with van der Waals surface area (Å²) in [5.41, 5.74) is 0.793. The average molecular weight is 345 g/mol. The first-order valence-electron chi connectivity index (χ1n) is 5.58. The highest BCUT2D eigenvalue weighted by Gasteiger charge is 2.08. The van der Waals surface area contributed by atoms with Gasteiger partial charge in [-0.1, -0.05) is 17.8 Å². The third kappa shape index (κ3) is 3.55. The molecule has 2 rings (SSSR count). The molecule has 0 saturated heterocycles. The van der Waals surface area contributed by atoms with Crippen LogP contribution in [0.25, 0.3) is 0 Å². The van der Waals surface area contributed by atoms with Gasteiger partial charge in [-0.25, -0.2) is 8.78 Å². The Labute approximate surface area is 122 Å². The summed E-state index contributed by atoms with van der Waals surface area (Å²) < 4.78 is 26.8. The van der Waals surface area contributed by atoms with Crippen molar-refractivity contribution < 1.29 is 13.9 Å². The van der Waals surface area contributed by atoms with E-state index in [0.29, 0.717) is 4.90 Å². The van der Waals surface area contributed by atoms with E-state index >= 15 is 0 Å². The molecule has 0 unspecified atom stereocenters. The topological polar surface area (TPSA) is 20.2 Å². The molecule has 1 atom stereocenters. The molecule has 0 aliphatic carbocycles. The van der Waals surface area contributed by atoms with E-state index in [1.54, 1.807) is 13.0 Å². The molecule has 1 N–H and O–H groups in total. The summed E-state index contributed by atoms with van der Waals surface area (Å²) in [6, 6.07) is 9.24. The second-order valence-electron chi connectivity index (χ2n) is 4.04. The highest BCUT2D eigenvalue weighted by atomic mass is 79.9. The van der Waals surface area contributed by atoms with Crippen molar-refractivity contribution in [3.8, 4) is 0 Å². The van der Waals surface area contributed by atoms with Gasteiger partial charge in [0.1, 0.15) is 0 Å². The normalized spacial score (nSPS) is 12.5. The van der Waals surface area contributed by atoms with E-state index in [0.717, 1.165) is 27.1 Å². The Kier molecular flexibility index (Phi) is 4.60. The van der Waals surface area contributed by atoms with Gasteiger partial charge in [-0.3, -0.25) is 0 Å². The van der Waals surface area contributed by atoms with E-state index in [-0.39, 0.29) is 0 Å². The van der Waals surface area contributed by atoms with Crippen molar-refractivity contribution in [1.82, 2.24) is 0 Å². The fourth-order valence-corrected chi connectivity index (χ4v) is 3.01. The minimum Gasteiger partial charge on any atom is -0.389 e. The Morgan fingerprint density at radius 1 is 1.11 bits per heavy atom. The molecule has 0 radical (unpaired) electrons. The molecule has 100 valence electrons. The maximum Gasteiger partial charge on any atom is 0.159 e. The van der Waals surface area contributed by atoms with Crippen molar-refractivity contribution in [2.45, 2.75) is 22.8 Å². The molecule has 0 fully saturated rings. The smallest absolute Gasteiger partial charge is 0.159 e. The Morgan fingerprint density at radius 3 is 2.42 bits per heavy atom. The van der Waals surface area contributed by atoms with Crippen LogP contribution in [0.4, 0.5) is 8.78 Å². The number of hydrogen-bond acceptors (Lipinski definition) is 2. The van der Waals surface area contributed by atoms with Gasteiger partial charge in [0.15, 0.2) is 11.6 Å². The van der Waals surface area contributed by atoms with Gasteiger partial charge in [-0.2, -0.15) is 0 Å². The third-order valence-corrected chi connectivity index (χ3v) is 4.54. The lowest BCUT2D eigenvalue weighted by Crippen LogP contribution is -1.91. The number of rotatable bonds is 3. The van der Waals surface area contributed by atoms with Gasteiger partial charge in [-0.15, -0.1) is 0 Å². The first-order chi connectivity index (χ1) is 8.97. The molecule has 19 heavy (non-hydrogen) atoms. The van der Waals surface area contributed by atoms with Gasteiger partial charge >= 0.3 is 0 Å². The predicted molar refractivity (Wildman–Crippen MR) is 75.3 cm³/mol. The van der Waals surface area contributed by atoms with Crippen molar-refractivity contribution in [3.05, 3.63) is 58.1 Å². The third-order valence-electron chi connectivity index (χ3n) is 2.56. The maximum absolute atomic E-state index is 13.1. The summed E-state index contributed by atoms with van der Waals surface area (Å²) in [5.74, 6) is -1.71. The fraction of sp³-hybridized carbons (Fsp3) is 0.143. The van der Waals surface area contributed by atoms with Crippen LogP contribution < -0.4 is 0 Å². The number of hydrogen-bond donors (Lipinski definition) is 1. The van der Waals surface area contributed by atoms with Crippen LogP contribution in [0, 0.1) is 11.6 Å². The Balaban J connectivity index is 2.25. The van der Waals surface area contributed by atoms with Crippen molar-refractivity contribution >= 4 is 27.7 Å². The van der Waals surface area contributed by atoms with Crippen LogP contribution in [0.3, 0.4) is 0 Å². The number of aliphatic hydroxyl groups excluding tert-OH is 1. The quantitative estimate of drug-likeness (QED) is 0.851. The molecular weight excluding hydrogens is 334 g/mol. The predicted octanol–water partition coefficient (Wildman–Crippen LogP) is 4.93. The number of benzene rings is 2. The monoisotopic (exact) mass is 344 g/mol. The average Bonchev–Trinajstić information content (AvgIpc) is 2.36. The van der Waals surface area contributed by atoms with Gasteiger partial charge < -0.3 is 5.11 Å². The lowest BCUT2D eigenvalue weighted by molar-refractivity contribution is 0.199. The SMILES string of the molecule is C[C@@H](O)c1ccc(Sc2ccc(F)c(F)c2)c(Br)c1. The summed E-state index contributed by atoms with van der Waals surface area (Å²) in [7, 11) is 0. The highest BCUT2D eigenvalue weighted by molar-refractivity contribution is 9.10. The molecule has 0 bridgehead atoms. The van der Waals surface area contributed by atoms with Gasteiger partial charge in [0, 0.05) is 14.3 Å². The zero-order valence-corrected chi connectivity index (χ0v) is 12.4. The molecule has 0 aliphatic heterocycles. The number of halogens is 3. The second-order valence-corrected chi connectivity index (χ2v) is 6.01. The summed E-state index contributed by atoms with van der Waals surface area (Å²) in [5, 5.41) is 9.48. The van der Waals surface area contributed by atoms with Gasteiger partial charge in [0.25, 0.3) is 0 Å². The summed E-state index contributed by atoms with van der Waals surface area (Å²) in [6.45, 7) is 1.68. The van der Waals surface area contributed by atoms with E-state index < -0.39 is 17.7 Å². The molecule has 0 saturated carbocycles. The molecule has 1 nitrogen and oxygen atoms in total. The fourth-order valence-electron chi connectivity index (χ4n) is 1.53. The lowest BCUT2D eigenvalue weighted by Gasteiger charge is -2.09. The zero-order valence-electron chi connectivity index (χ0n) is 10.0. The Hall–Kier alpha value is -0.910. The summed E-state index contributed by atoms with van der Waals surface area (Å²) in [4.78, 5) is 1.49. The van der Waals surface area contributed by atoms with Crippen LogP contribution in [-0.2, 0) is 0 Å². The molecule has 2 aromatic carbocycles. The second kappa shape index (κ2) is 6.03. The summed E-state index contributed by atoms with van der Waals surface area (Å²) in [6.07, 6.45) is -0.543. The highest BCUT2D eigenvalue weighted by Crippen LogP contribution is 2.35. The Bertz CT molecular complexity index is 602. The molecule has 0 aliphatic rings. The molecule has 2 aromatic rings. The van der Waals surface area contributed by atoms with E-state index in [1.165, 1.54) is 17.8 Å². The maximum atomic E-state index is 13.1. The van der Waals surface area contributed by atoms with E-state index in [1.807, 2.05) is 12.1 Å². The first-order valence-corrected chi connectivity index (χ1v) is 7.18. The molecule has 0 spiro atoms. The molecule has 0 aromatic heterocycles. The lowest BCUT2D eigenvalue weighted by atomic mass is 10.1. The van der Waals surface area contributed by atoms with Gasteiger partial charge in [0.05, 0.1) is 6.10 Å². The van der Waals surface area contributed by atoms with Crippen LogP contribution >= 0.6 is 27.7 Å². The summed E-state index contributed by atoms with van der Waals surface area (Å²) >= 11 is 4.73.